The zero-order valence-electron chi connectivity index (χ0n) is 7.08. The summed E-state index contributed by atoms with van der Waals surface area (Å²) in [7, 11) is 0. The minimum absolute atomic E-state index is 0.469. The van der Waals surface area contributed by atoms with E-state index in [1.807, 2.05) is 6.92 Å². The van der Waals surface area contributed by atoms with E-state index in [9.17, 15) is 0 Å². The lowest BCUT2D eigenvalue weighted by molar-refractivity contribution is 0.348. The van der Waals surface area contributed by atoms with Crippen molar-refractivity contribution in [3.63, 3.8) is 0 Å². The lowest BCUT2D eigenvalue weighted by Gasteiger charge is -2.03. The van der Waals surface area contributed by atoms with E-state index in [2.05, 4.69) is 11.6 Å². The van der Waals surface area contributed by atoms with Gasteiger partial charge in [0.1, 0.15) is 6.61 Å². The van der Waals surface area contributed by atoms with Crippen molar-refractivity contribution in [3.8, 4) is 5.88 Å². The van der Waals surface area contributed by atoms with E-state index in [1.54, 1.807) is 18.2 Å². The molecule has 0 unspecified atom stereocenters. The van der Waals surface area contributed by atoms with Crippen molar-refractivity contribution in [3.05, 3.63) is 30.5 Å². The number of nitrogen functional groups attached to an aromatic ring is 1. The molecule has 2 N–H and O–H groups in total. The number of hydrogen-bond acceptors (Lipinski definition) is 3. The van der Waals surface area contributed by atoms with Gasteiger partial charge in [0, 0.05) is 6.07 Å². The van der Waals surface area contributed by atoms with Crippen molar-refractivity contribution >= 4 is 5.69 Å². The second-order valence-corrected chi connectivity index (χ2v) is 2.42. The molecule has 0 saturated heterocycles. The van der Waals surface area contributed by atoms with Crippen LogP contribution in [0.25, 0.3) is 0 Å². The first-order valence-electron chi connectivity index (χ1n) is 3.71. The fourth-order valence-corrected chi connectivity index (χ4v) is 0.773. The first-order valence-corrected chi connectivity index (χ1v) is 3.71. The number of rotatable bonds is 3. The Labute approximate surface area is 71.9 Å². The van der Waals surface area contributed by atoms with Gasteiger partial charge in [-0.15, -0.1) is 0 Å². The van der Waals surface area contributed by atoms with Crippen LogP contribution in [0, 0.1) is 6.92 Å². The lowest BCUT2D eigenvalue weighted by atomic mass is 10.3. The average Bonchev–Trinajstić information content (AvgIpc) is 2.07. The maximum absolute atomic E-state index is 5.58. The summed E-state index contributed by atoms with van der Waals surface area (Å²) in [6.07, 6.45) is 1.67. The van der Waals surface area contributed by atoms with Crippen molar-refractivity contribution in [1.82, 2.24) is 4.98 Å². The molecule has 1 aromatic heterocycles. The standard InChI is InChI=1S/C9H12N2O/c1-3-6-12-9-5-4-8(10)7(2)11-9/h3-5H,1,6,10H2,2H3. The molecule has 0 spiro atoms. The predicted octanol–water partition coefficient (Wildman–Crippen LogP) is 1.54. The molecule has 0 atom stereocenters. The Morgan fingerprint density at radius 3 is 3.00 bits per heavy atom. The second kappa shape index (κ2) is 3.76. The SMILES string of the molecule is C=CCOc1ccc(N)c(C)n1. The molecule has 0 aromatic carbocycles. The maximum Gasteiger partial charge on any atom is 0.213 e. The molecule has 1 rings (SSSR count). The molecule has 1 aromatic rings. The number of hydrogen-bond donors (Lipinski definition) is 1. The van der Waals surface area contributed by atoms with Crippen molar-refractivity contribution < 1.29 is 4.74 Å². The van der Waals surface area contributed by atoms with Crippen LogP contribution in [-0.2, 0) is 0 Å². The highest BCUT2D eigenvalue weighted by molar-refractivity contribution is 5.43. The first kappa shape index (κ1) is 8.59. The highest BCUT2D eigenvalue weighted by atomic mass is 16.5. The Kier molecular flexibility index (Phi) is 2.69. The van der Waals surface area contributed by atoms with E-state index in [0.29, 0.717) is 18.2 Å². The van der Waals surface area contributed by atoms with Crippen LogP contribution in [0.15, 0.2) is 24.8 Å². The number of aryl methyl sites for hydroxylation is 1. The van der Waals surface area contributed by atoms with Crippen LogP contribution in [0.2, 0.25) is 0 Å². The summed E-state index contributed by atoms with van der Waals surface area (Å²) in [5, 5.41) is 0. The van der Waals surface area contributed by atoms with Gasteiger partial charge in [0.15, 0.2) is 0 Å². The molecule has 12 heavy (non-hydrogen) atoms. The summed E-state index contributed by atoms with van der Waals surface area (Å²) in [6.45, 7) is 5.85. The summed E-state index contributed by atoms with van der Waals surface area (Å²) in [6, 6.07) is 3.52. The molecular formula is C9H12N2O. The van der Waals surface area contributed by atoms with Gasteiger partial charge >= 0.3 is 0 Å². The summed E-state index contributed by atoms with van der Waals surface area (Å²) >= 11 is 0. The fourth-order valence-electron chi connectivity index (χ4n) is 0.773. The fraction of sp³-hybridized carbons (Fsp3) is 0.222. The van der Waals surface area contributed by atoms with Gasteiger partial charge in [-0.25, -0.2) is 4.98 Å². The van der Waals surface area contributed by atoms with Gasteiger partial charge in [0.05, 0.1) is 11.4 Å². The Hall–Kier alpha value is -1.51. The van der Waals surface area contributed by atoms with Gasteiger partial charge in [0.25, 0.3) is 0 Å². The highest BCUT2D eigenvalue weighted by Gasteiger charge is 1.97. The largest absolute Gasteiger partial charge is 0.473 e. The van der Waals surface area contributed by atoms with E-state index in [0.717, 1.165) is 5.69 Å². The van der Waals surface area contributed by atoms with Crippen LogP contribution in [0.4, 0.5) is 5.69 Å². The van der Waals surface area contributed by atoms with Crippen molar-refractivity contribution in [2.75, 3.05) is 12.3 Å². The third-order valence-corrected chi connectivity index (χ3v) is 1.45. The number of ether oxygens (including phenoxy) is 1. The molecule has 0 radical (unpaired) electrons. The van der Waals surface area contributed by atoms with Crippen molar-refractivity contribution in [2.24, 2.45) is 0 Å². The van der Waals surface area contributed by atoms with Gasteiger partial charge in [-0.1, -0.05) is 12.7 Å². The molecule has 0 saturated carbocycles. The molecular weight excluding hydrogens is 152 g/mol. The van der Waals surface area contributed by atoms with Crippen LogP contribution in [0.1, 0.15) is 5.69 Å². The molecule has 0 aliphatic heterocycles. The van der Waals surface area contributed by atoms with Gasteiger partial charge in [0.2, 0.25) is 5.88 Å². The molecule has 0 amide bonds. The van der Waals surface area contributed by atoms with Crippen LogP contribution in [-0.4, -0.2) is 11.6 Å². The number of pyridine rings is 1. The average molecular weight is 164 g/mol. The Bertz CT molecular complexity index is 284. The van der Waals surface area contributed by atoms with Crippen LogP contribution in [0.5, 0.6) is 5.88 Å². The molecule has 0 fully saturated rings. The molecule has 3 nitrogen and oxygen atoms in total. The molecule has 3 heteroatoms. The van der Waals surface area contributed by atoms with Crippen LogP contribution < -0.4 is 10.5 Å². The van der Waals surface area contributed by atoms with Gasteiger partial charge in [-0.3, -0.25) is 0 Å². The van der Waals surface area contributed by atoms with E-state index >= 15 is 0 Å². The topological polar surface area (TPSA) is 48.1 Å². The molecule has 0 bridgehead atoms. The van der Waals surface area contributed by atoms with Crippen LogP contribution in [0.3, 0.4) is 0 Å². The highest BCUT2D eigenvalue weighted by Crippen LogP contribution is 2.13. The summed E-state index contributed by atoms with van der Waals surface area (Å²) in [4.78, 5) is 4.12. The minimum atomic E-state index is 0.469. The van der Waals surface area contributed by atoms with Crippen molar-refractivity contribution in [1.29, 1.82) is 0 Å². The number of nitrogens with zero attached hydrogens (tertiary/aromatic N) is 1. The maximum atomic E-state index is 5.58. The van der Waals surface area contributed by atoms with Gasteiger partial charge in [-0.2, -0.15) is 0 Å². The summed E-state index contributed by atoms with van der Waals surface area (Å²) < 4.78 is 5.21. The monoisotopic (exact) mass is 164 g/mol. The number of nitrogens with two attached hydrogens (primary N) is 1. The smallest absolute Gasteiger partial charge is 0.213 e. The Morgan fingerprint density at radius 2 is 2.42 bits per heavy atom. The Morgan fingerprint density at radius 1 is 1.67 bits per heavy atom. The minimum Gasteiger partial charge on any atom is -0.473 e. The number of anilines is 1. The second-order valence-electron chi connectivity index (χ2n) is 2.42. The predicted molar refractivity (Wildman–Crippen MR) is 49.1 cm³/mol. The molecule has 0 aliphatic carbocycles. The molecule has 1 heterocycles. The first-order chi connectivity index (χ1) is 5.74. The van der Waals surface area contributed by atoms with Gasteiger partial charge in [-0.05, 0) is 13.0 Å². The zero-order chi connectivity index (χ0) is 8.97. The molecule has 0 aliphatic rings. The van der Waals surface area contributed by atoms with E-state index in [1.165, 1.54) is 0 Å². The quantitative estimate of drug-likeness (QED) is 0.689. The van der Waals surface area contributed by atoms with Crippen LogP contribution >= 0.6 is 0 Å². The summed E-state index contributed by atoms with van der Waals surface area (Å²) in [5.74, 6) is 0.585. The summed E-state index contributed by atoms with van der Waals surface area (Å²) in [5.41, 5.74) is 7.05. The van der Waals surface area contributed by atoms with Gasteiger partial charge < -0.3 is 10.5 Å². The normalized spacial score (nSPS) is 9.42. The van der Waals surface area contributed by atoms with E-state index in [4.69, 9.17) is 10.5 Å². The zero-order valence-corrected chi connectivity index (χ0v) is 7.08. The lowest BCUT2D eigenvalue weighted by Crippen LogP contribution is -1.98. The van der Waals surface area contributed by atoms with E-state index < -0.39 is 0 Å². The van der Waals surface area contributed by atoms with E-state index in [-0.39, 0.29) is 0 Å². The number of aromatic nitrogens is 1. The van der Waals surface area contributed by atoms with Crippen molar-refractivity contribution in [2.45, 2.75) is 6.92 Å². The third-order valence-electron chi connectivity index (χ3n) is 1.45. The Balaban J connectivity index is 2.75. The molecule has 64 valence electrons. The third kappa shape index (κ3) is 1.99.